The third kappa shape index (κ3) is 4.44. The summed E-state index contributed by atoms with van der Waals surface area (Å²) < 4.78 is 4.52. The molecule has 104 valence electrons. The van der Waals surface area contributed by atoms with Gasteiger partial charge in [-0.3, -0.25) is 9.59 Å². The highest BCUT2D eigenvalue weighted by Crippen LogP contribution is 2.22. The van der Waals surface area contributed by atoms with Gasteiger partial charge in [0.1, 0.15) is 5.75 Å². The molecule has 0 unspecified atom stereocenters. The SMILES string of the molecule is COC(=O)CCCN(C)C(=O)c1cc(O)ccc1Cl. The molecule has 0 aliphatic heterocycles. The standard InChI is InChI=1S/C13H16ClNO4/c1-15(7-3-4-12(17)19-2)13(18)10-8-9(16)5-6-11(10)14/h5-6,8,16H,3-4,7H2,1-2H3. The highest BCUT2D eigenvalue weighted by atomic mass is 35.5. The molecule has 19 heavy (non-hydrogen) atoms. The number of nitrogens with zero attached hydrogens (tertiary/aromatic N) is 1. The van der Waals surface area contributed by atoms with E-state index in [-0.39, 0.29) is 34.6 Å². The van der Waals surface area contributed by atoms with E-state index in [1.807, 2.05) is 0 Å². The number of halogens is 1. The number of esters is 1. The van der Waals surface area contributed by atoms with Gasteiger partial charge in [-0.15, -0.1) is 0 Å². The number of phenols is 1. The second-order valence-corrected chi connectivity index (χ2v) is 4.48. The molecule has 6 heteroatoms. The average molecular weight is 286 g/mol. The summed E-state index contributed by atoms with van der Waals surface area (Å²) in [6.45, 7) is 0.403. The molecule has 0 spiro atoms. The van der Waals surface area contributed by atoms with E-state index in [2.05, 4.69) is 4.74 Å². The zero-order valence-electron chi connectivity index (χ0n) is 10.9. The van der Waals surface area contributed by atoms with Gasteiger partial charge in [0.25, 0.3) is 5.91 Å². The van der Waals surface area contributed by atoms with Gasteiger partial charge in [-0.2, -0.15) is 0 Å². The van der Waals surface area contributed by atoms with Crippen molar-refractivity contribution in [3.8, 4) is 5.75 Å². The molecule has 5 nitrogen and oxygen atoms in total. The Morgan fingerprint density at radius 2 is 2.11 bits per heavy atom. The summed E-state index contributed by atoms with van der Waals surface area (Å²) in [5, 5.41) is 9.64. The summed E-state index contributed by atoms with van der Waals surface area (Å²) in [5.74, 6) is -0.627. The summed E-state index contributed by atoms with van der Waals surface area (Å²) in [5.41, 5.74) is 0.238. The topological polar surface area (TPSA) is 66.8 Å². The van der Waals surface area contributed by atoms with E-state index in [1.165, 1.54) is 30.2 Å². The van der Waals surface area contributed by atoms with E-state index in [4.69, 9.17) is 11.6 Å². The number of aromatic hydroxyl groups is 1. The smallest absolute Gasteiger partial charge is 0.305 e. The average Bonchev–Trinajstić information content (AvgIpc) is 2.40. The largest absolute Gasteiger partial charge is 0.508 e. The van der Waals surface area contributed by atoms with Crippen LogP contribution in [0.1, 0.15) is 23.2 Å². The monoisotopic (exact) mass is 285 g/mol. The molecule has 0 fully saturated rings. The van der Waals surface area contributed by atoms with Crippen LogP contribution in [0.5, 0.6) is 5.75 Å². The fraction of sp³-hybridized carbons (Fsp3) is 0.385. The zero-order chi connectivity index (χ0) is 14.4. The van der Waals surface area contributed by atoms with Crippen LogP contribution in [0.4, 0.5) is 0 Å². The number of benzene rings is 1. The van der Waals surface area contributed by atoms with Crippen LogP contribution >= 0.6 is 11.6 Å². The number of rotatable bonds is 5. The molecule has 0 saturated carbocycles. The fourth-order valence-electron chi connectivity index (χ4n) is 1.55. The van der Waals surface area contributed by atoms with Gasteiger partial charge in [0.05, 0.1) is 17.7 Å². The van der Waals surface area contributed by atoms with Crippen molar-refractivity contribution in [2.75, 3.05) is 20.7 Å². The Kier molecular flexibility index (Phi) is 5.63. The lowest BCUT2D eigenvalue weighted by atomic mass is 10.2. The van der Waals surface area contributed by atoms with Crippen LogP contribution in [0, 0.1) is 0 Å². The van der Waals surface area contributed by atoms with E-state index in [9.17, 15) is 14.7 Å². The maximum atomic E-state index is 12.1. The number of amides is 1. The number of methoxy groups -OCH3 is 1. The summed E-state index contributed by atoms with van der Waals surface area (Å²) in [6.07, 6.45) is 0.757. The van der Waals surface area contributed by atoms with Crippen LogP contribution in [0.3, 0.4) is 0 Å². The summed E-state index contributed by atoms with van der Waals surface area (Å²) in [4.78, 5) is 24.5. The summed E-state index contributed by atoms with van der Waals surface area (Å²) in [7, 11) is 2.93. The van der Waals surface area contributed by atoms with Gasteiger partial charge in [0.2, 0.25) is 0 Å². The van der Waals surface area contributed by atoms with Gasteiger partial charge in [0.15, 0.2) is 0 Å². The molecule has 1 amide bonds. The van der Waals surface area contributed by atoms with Crippen LogP contribution in [0.25, 0.3) is 0 Å². The highest BCUT2D eigenvalue weighted by molar-refractivity contribution is 6.33. The molecule has 1 rings (SSSR count). The fourth-order valence-corrected chi connectivity index (χ4v) is 1.75. The molecule has 0 bridgehead atoms. The predicted octanol–water partition coefficient (Wildman–Crippen LogP) is 2.07. The first-order valence-electron chi connectivity index (χ1n) is 5.76. The summed E-state index contributed by atoms with van der Waals surface area (Å²) >= 11 is 5.91. The lowest BCUT2D eigenvalue weighted by Gasteiger charge is -2.17. The Morgan fingerprint density at radius 1 is 1.42 bits per heavy atom. The molecular formula is C13H16ClNO4. The minimum absolute atomic E-state index is 0.0179. The van der Waals surface area contributed by atoms with Crippen molar-refractivity contribution in [2.24, 2.45) is 0 Å². The number of ether oxygens (including phenoxy) is 1. The van der Waals surface area contributed by atoms with Crippen LogP contribution in [0.2, 0.25) is 5.02 Å². The summed E-state index contributed by atoms with van der Waals surface area (Å²) in [6, 6.07) is 4.20. The zero-order valence-corrected chi connectivity index (χ0v) is 11.6. The predicted molar refractivity (Wildman–Crippen MR) is 71.3 cm³/mol. The highest BCUT2D eigenvalue weighted by Gasteiger charge is 2.16. The van der Waals surface area contributed by atoms with Crippen molar-refractivity contribution in [3.63, 3.8) is 0 Å². The van der Waals surface area contributed by atoms with Gasteiger partial charge in [0, 0.05) is 20.0 Å². The Labute approximate surface area is 116 Å². The van der Waals surface area contributed by atoms with Gasteiger partial charge >= 0.3 is 5.97 Å². The Morgan fingerprint density at radius 3 is 2.74 bits per heavy atom. The van der Waals surface area contributed by atoms with E-state index in [0.29, 0.717) is 13.0 Å². The van der Waals surface area contributed by atoms with E-state index >= 15 is 0 Å². The molecule has 0 atom stereocenters. The number of carbonyl (C=O) groups is 2. The minimum Gasteiger partial charge on any atom is -0.508 e. The van der Waals surface area contributed by atoms with Crippen molar-refractivity contribution in [2.45, 2.75) is 12.8 Å². The molecule has 0 radical (unpaired) electrons. The van der Waals surface area contributed by atoms with Crippen LogP contribution in [-0.4, -0.2) is 42.6 Å². The van der Waals surface area contributed by atoms with Gasteiger partial charge in [-0.1, -0.05) is 11.6 Å². The van der Waals surface area contributed by atoms with Crippen molar-refractivity contribution >= 4 is 23.5 Å². The number of hydrogen-bond donors (Lipinski definition) is 1. The van der Waals surface area contributed by atoms with Crippen molar-refractivity contribution < 1.29 is 19.4 Å². The van der Waals surface area contributed by atoms with Crippen molar-refractivity contribution in [3.05, 3.63) is 28.8 Å². The maximum Gasteiger partial charge on any atom is 0.305 e. The Balaban J connectivity index is 2.61. The lowest BCUT2D eigenvalue weighted by Crippen LogP contribution is -2.28. The molecule has 0 aromatic heterocycles. The quantitative estimate of drug-likeness (QED) is 0.841. The van der Waals surface area contributed by atoms with Gasteiger partial charge < -0.3 is 14.7 Å². The second kappa shape index (κ2) is 6.99. The maximum absolute atomic E-state index is 12.1. The third-order valence-electron chi connectivity index (χ3n) is 2.63. The lowest BCUT2D eigenvalue weighted by molar-refractivity contribution is -0.140. The van der Waals surface area contributed by atoms with Crippen LogP contribution in [-0.2, 0) is 9.53 Å². The molecule has 0 aliphatic rings. The van der Waals surface area contributed by atoms with Crippen molar-refractivity contribution in [1.82, 2.24) is 4.90 Å². The molecule has 1 N–H and O–H groups in total. The van der Waals surface area contributed by atoms with E-state index in [0.717, 1.165) is 0 Å². The molecule has 0 saturated heterocycles. The first-order valence-corrected chi connectivity index (χ1v) is 6.14. The Bertz CT molecular complexity index is 476. The molecular weight excluding hydrogens is 270 g/mol. The van der Waals surface area contributed by atoms with Crippen LogP contribution in [0.15, 0.2) is 18.2 Å². The first kappa shape index (κ1) is 15.3. The number of carbonyl (C=O) groups excluding carboxylic acids is 2. The van der Waals surface area contributed by atoms with Crippen molar-refractivity contribution in [1.29, 1.82) is 0 Å². The molecule has 0 heterocycles. The number of hydrogen-bond acceptors (Lipinski definition) is 4. The van der Waals surface area contributed by atoms with Gasteiger partial charge in [-0.25, -0.2) is 0 Å². The Hall–Kier alpha value is -1.75. The molecule has 1 aromatic rings. The third-order valence-corrected chi connectivity index (χ3v) is 2.96. The number of phenolic OH excluding ortho intramolecular Hbond substituents is 1. The van der Waals surface area contributed by atoms with Crippen LogP contribution < -0.4 is 0 Å². The first-order chi connectivity index (χ1) is 8.95. The normalized spacial score (nSPS) is 10.1. The molecule has 0 aliphatic carbocycles. The minimum atomic E-state index is -0.309. The van der Waals surface area contributed by atoms with Gasteiger partial charge in [-0.05, 0) is 24.6 Å². The van der Waals surface area contributed by atoms with E-state index in [1.54, 1.807) is 7.05 Å². The van der Waals surface area contributed by atoms with E-state index < -0.39 is 0 Å². The second-order valence-electron chi connectivity index (χ2n) is 4.07. The molecule has 1 aromatic carbocycles.